The molecule has 1 atom stereocenters. The van der Waals surface area contributed by atoms with E-state index >= 15 is 0 Å². The largest absolute Gasteiger partial charge is 0.480 e. The summed E-state index contributed by atoms with van der Waals surface area (Å²) in [7, 11) is 0. The van der Waals surface area contributed by atoms with Crippen LogP contribution in [0.2, 0.25) is 0 Å². The lowest BCUT2D eigenvalue weighted by Gasteiger charge is -2.32. The molecule has 2 rings (SSSR count). The molecule has 3 heteroatoms. The summed E-state index contributed by atoms with van der Waals surface area (Å²) in [5.41, 5.74) is 1.42. The fraction of sp³-hybridized carbons (Fsp3) is 0.588. The summed E-state index contributed by atoms with van der Waals surface area (Å²) < 4.78 is 0. The van der Waals surface area contributed by atoms with Gasteiger partial charge in [0, 0.05) is 6.04 Å². The molecule has 1 aromatic carbocycles. The van der Waals surface area contributed by atoms with Crippen molar-refractivity contribution in [3.8, 4) is 0 Å². The molecular formula is C17H25NO2. The van der Waals surface area contributed by atoms with Crippen molar-refractivity contribution in [2.45, 2.75) is 57.5 Å². The van der Waals surface area contributed by atoms with Gasteiger partial charge in [0.05, 0.1) is 0 Å². The molecule has 0 amide bonds. The first kappa shape index (κ1) is 15.0. The minimum absolute atomic E-state index is 0.124. The molecule has 20 heavy (non-hydrogen) atoms. The molecule has 2 N–H and O–H groups in total. The highest BCUT2D eigenvalue weighted by Gasteiger charge is 2.28. The van der Waals surface area contributed by atoms with Crippen LogP contribution >= 0.6 is 0 Å². The van der Waals surface area contributed by atoms with E-state index in [2.05, 4.69) is 35.6 Å². The number of carbonyl (C=O) groups is 1. The molecule has 0 spiro atoms. The third kappa shape index (κ3) is 3.83. The number of nitrogens with one attached hydrogen (secondary N) is 1. The Bertz CT molecular complexity index is 422. The Labute approximate surface area is 121 Å². The lowest BCUT2D eigenvalue weighted by Crippen LogP contribution is -2.47. The van der Waals surface area contributed by atoms with Crippen molar-refractivity contribution in [2.75, 3.05) is 0 Å². The second kappa shape index (κ2) is 6.89. The third-order valence-corrected chi connectivity index (χ3v) is 4.35. The Kier molecular flexibility index (Phi) is 5.18. The van der Waals surface area contributed by atoms with Crippen molar-refractivity contribution >= 4 is 5.97 Å². The van der Waals surface area contributed by atoms with Crippen LogP contribution in [0.1, 0.15) is 51.0 Å². The molecule has 3 nitrogen and oxygen atoms in total. The van der Waals surface area contributed by atoms with Gasteiger partial charge in [-0.15, -0.1) is 0 Å². The monoisotopic (exact) mass is 275 g/mol. The summed E-state index contributed by atoms with van der Waals surface area (Å²) in [4.78, 5) is 11.2. The summed E-state index contributed by atoms with van der Waals surface area (Å²) in [6.45, 7) is 3.92. The van der Waals surface area contributed by atoms with Crippen molar-refractivity contribution in [1.29, 1.82) is 0 Å². The number of benzene rings is 1. The van der Waals surface area contributed by atoms with Crippen LogP contribution in [0.3, 0.4) is 0 Å². The average molecular weight is 275 g/mol. The van der Waals surface area contributed by atoms with Crippen LogP contribution in [0, 0.1) is 5.92 Å². The fourth-order valence-electron chi connectivity index (χ4n) is 3.12. The highest BCUT2D eigenvalue weighted by molar-refractivity contribution is 5.73. The topological polar surface area (TPSA) is 49.3 Å². The standard InChI is InChI=1S/C17H25NO2/c1-12(2)16(17(19)20)18-15-10-8-14(9-11-15)13-6-4-3-5-7-13/h3-7,12,14-16,18H,8-11H2,1-2H3,(H,19,20). The highest BCUT2D eigenvalue weighted by atomic mass is 16.4. The predicted octanol–water partition coefficient (Wildman–Crippen LogP) is 3.41. The molecule has 1 aromatic rings. The summed E-state index contributed by atoms with van der Waals surface area (Å²) in [5, 5.41) is 12.6. The molecule has 1 aliphatic rings. The average Bonchev–Trinajstić information content (AvgIpc) is 2.45. The molecule has 1 fully saturated rings. The van der Waals surface area contributed by atoms with E-state index in [4.69, 9.17) is 0 Å². The van der Waals surface area contributed by atoms with Crippen LogP contribution in [0.15, 0.2) is 30.3 Å². The molecular weight excluding hydrogens is 250 g/mol. The van der Waals surface area contributed by atoms with Gasteiger partial charge >= 0.3 is 5.97 Å². The van der Waals surface area contributed by atoms with E-state index in [0.717, 1.165) is 25.7 Å². The van der Waals surface area contributed by atoms with Crippen LogP contribution < -0.4 is 5.32 Å². The molecule has 1 unspecified atom stereocenters. The van der Waals surface area contributed by atoms with Gasteiger partial charge in [-0.05, 0) is 43.1 Å². The zero-order valence-corrected chi connectivity index (χ0v) is 12.4. The Balaban J connectivity index is 1.87. The molecule has 110 valence electrons. The molecule has 1 saturated carbocycles. The fourth-order valence-corrected chi connectivity index (χ4v) is 3.12. The summed E-state index contributed by atoms with van der Waals surface area (Å²) in [6.07, 6.45) is 4.42. The van der Waals surface area contributed by atoms with E-state index in [9.17, 15) is 9.90 Å². The zero-order valence-electron chi connectivity index (χ0n) is 12.4. The maximum Gasteiger partial charge on any atom is 0.320 e. The predicted molar refractivity (Wildman–Crippen MR) is 80.8 cm³/mol. The van der Waals surface area contributed by atoms with Gasteiger partial charge in [0.15, 0.2) is 0 Å². The number of hydrogen-bond acceptors (Lipinski definition) is 2. The van der Waals surface area contributed by atoms with Crippen molar-refractivity contribution in [3.05, 3.63) is 35.9 Å². The van der Waals surface area contributed by atoms with Crippen LogP contribution in [-0.2, 0) is 4.79 Å². The zero-order chi connectivity index (χ0) is 14.5. The number of aliphatic carboxylic acids is 1. The van der Waals surface area contributed by atoms with Gasteiger partial charge in [-0.3, -0.25) is 4.79 Å². The summed E-state index contributed by atoms with van der Waals surface area (Å²) in [5.74, 6) is 0.0288. The minimum Gasteiger partial charge on any atom is -0.480 e. The normalized spacial score (nSPS) is 24.6. The van der Waals surface area contributed by atoms with E-state index < -0.39 is 12.0 Å². The summed E-state index contributed by atoms with van der Waals surface area (Å²) in [6, 6.07) is 10.6. The van der Waals surface area contributed by atoms with E-state index in [1.54, 1.807) is 0 Å². The highest BCUT2D eigenvalue weighted by Crippen LogP contribution is 2.33. The van der Waals surface area contributed by atoms with E-state index in [0.29, 0.717) is 12.0 Å². The molecule has 0 saturated heterocycles. The Hall–Kier alpha value is -1.35. The molecule has 0 aliphatic heterocycles. The maximum absolute atomic E-state index is 11.2. The van der Waals surface area contributed by atoms with Gasteiger partial charge in [-0.25, -0.2) is 0 Å². The van der Waals surface area contributed by atoms with Crippen LogP contribution in [0.5, 0.6) is 0 Å². The number of carboxylic acid groups (broad SMARTS) is 1. The second-order valence-corrected chi connectivity index (χ2v) is 6.19. The minimum atomic E-state index is -0.731. The summed E-state index contributed by atoms with van der Waals surface area (Å²) >= 11 is 0. The van der Waals surface area contributed by atoms with Crippen LogP contribution in [0.25, 0.3) is 0 Å². The van der Waals surface area contributed by atoms with E-state index in [1.807, 2.05) is 13.8 Å². The van der Waals surface area contributed by atoms with Gasteiger partial charge in [0.25, 0.3) is 0 Å². The quantitative estimate of drug-likeness (QED) is 0.865. The first-order chi connectivity index (χ1) is 9.58. The van der Waals surface area contributed by atoms with E-state index in [1.165, 1.54) is 5.56 Å². The van der Waals surface area contributed by atoms with Gasteiger partial charge in [0.2, 0.25) is 0 Å². The first-order valence-electron chi connectivity index (χ1n) is 7.61. The van der Waals surface area contributed by atoms with Crippen LogP contribution in [-0.4, -0.2) is 23.2 Å². The van der Waals surface area contributed by atoms with Crippen molar-refractivity contribution < 1.29 is 9.90 Å². The van der Waals surface area contributed by atoms with Gasteiger partial charge in [0.1, 0.15) is 6.04 Å². The molecule has 0 heterocycles. The lowest BCUT2D eigenvalue weighted by molar-refractivity contribution is -0.141. The van der Waals surface area contributed by atoms with Crippen molar-refractivity contribution in [3.63, 3.8) is 0 Å². The SMILES string of the molecule is CC(C)C(NC1CCC(c2ccccc2)CC1)C(=O)O. The lowest BCUT2D eigenvalue weighted by atomic mass is 9.81. The smallest absolute Gasteiger partial charge is 0.320 e. The first-order valence-corrected chi connectivity index (χ1v) is 7.61. The molecule has 0 radical (unpaired) electrons. The van der Waals surface area contributed by atoms with Gasteiger partial charge in [-0.2, -0.15) is 0 Å². The Morgan fingerprint density at radius 3 is 2.25 bits per heavy atom. The van der Waals surface area contributed by atoms with Gasteiger partial charge in [-0.1, -0.05) is 44.2 Å². The Morgan fingerprint density at radius 2 is 1.75 bits per heavy atom. The number of rotatable bonds is 5. The molecule has 1 aliphatic carbocycles. The maximum atomic E-state index is 11.2. The third-order valence-electron chi connectivity index (χ3n) is 4.35. The van der Waals surface area contributed by atoms with Gasteiger partial charge < -0.3 is 10.4 Å². The molecule has 0 bridgehead atoms. The van der Waals surface area contributed by atoms with Crippen molar-refractivity contribution in [2.24, 2.45) is 5.92 Å². The second-order valence-electron chi connectivity index (χ2n) is 6.19. The Morgan fingerprint density at radius 1 is 1.15 bits per heavy atom. The van der Waals surface area contributed by atoms with Crippen molar-refractivity contribution in [1.82, 2.24) is 5.32 Å². The number of hydrogen-bond donors (Lipinski definition) is 2. The van der Waals surface area contributed by atoms with Crippen LogP contribution in [0.4, 0.5) is 0 Å². The number of carboxylic acids is 1. The molecule has 0 aromatic heterocycles. The van der Waals surface area contributed by atoms with E-state index in [-0.39, 0.29) is 5.92 Å².